The number of nitrogens with one attached hydrogen (secondary N) is 1. The molecule has 1 aromatic carbocycles. The third kappa shape index (κ3) is 5.03. The van der Waals surface area contributed by atoms with Gasteiger partial charge >= 0.3 is 0 Å². The van der Waals surface area contributed by atoms with Crippen molar-refractivity contribution in [1.82, 2.24) is 5.32 Å². The molecular formula is C18H26ClNO. The summed E-state index contributed by atoms with van der Waals surface area (Å²) >= 11 is 6.16. The lowest BCUT2D eigenvalue weighted by Crippen LogP contribution is -2.52. The zero-order valence-electron chi connectivity index (χ0n) is 12.9. The number of carbonyl (C=O) groups excluding carboxylic acids is 1. The standard InChI is InChI=1S/C18H26ClNO/c1-15-7-6-12-18(13-15,14-19)20-17(21)11-5-10-16-8-3-2-4-9-16/h2-4,8-9,15H,5-7,10-14H2,1H3,(H,20,21). The first-order valence-corrected chi connectivity index (χ1v) is 8.58. The van der Waals surface area contributed by atoms with Gasteiger partial charge < -0.3 is 5.32 Å². The number of rotatable bonds is 6. The van der Waals surface area contributed by atoms with Crippen LogP contribution in [0.2, 0.25) is 0 Å². The van der Waals surface area contributed by atoms with Gasteiger partial charge in [-0.2, -0.15) is 0 Å². The number of halogens is 1. The molecule has 2 rings (SSSR count). The fourth-order valence-corrected chi connectivity index (χ4v) is 3.69. The number of aryl methyl sites for hydroxylation is 1. The second kappa shape index (κ2) is 7.84. The number of carbonyl (C=O) groups is 1. The third-order valence-electron chi connectivity index (χ3n) is 4.46. The summed E-state index contributed by atoms with van der Waals surface area (Å²) in [6.07, 6.45) is 6.89. The molecule has 1 saturated carbocycles. The van der Waals surface area contributed by atoms with Gasteiger partial charge in [-0.05, 0) is 37.2 Å². The highest BCUT2D eigenvalue weighted by Crippen LogP contribution is 2.33. The lowest BCUT2D eigenvalue weighted by molar-refractivity contribution is -0.123. The molecule has 0 aromatic heterocycles. The van der Waals surface area contributed by atoms with Gasteiger partial charge in [-0.25, -0.2) is 0 Å². The van der Waals surface area contributed by atoms with Gasteiger partial charge in [-0.3, -0.25) is 4.79 Å². The normalized spacial score (nSPS) is 25.5. The summed E-state index contributed by atoms with van der Waals surface area (Å²) in [6, 6.07) is 10.3. The van der Waals surface area contributed by atoms with Crippen LogP contribution in [0.3, 0.4) is 0 Å². The molecule has 116 valence electrons. The van der Waals surface area contributed by atoms with Gasteiger partial charge in [0, 0.05) is 12.3 Å². The van der Waals surface area contributed by atoms with Crippen molar-refractivity contribution in [2.75, 3.05) is 5.88 Å². The van der Waals surface area contributed by atoms with E-state index in [1.807, 2.05) is 18.2 Å². The zero-order valence-corrected chi connectivity index (χ0v) is 13.7. The molecule has 1 fully saturated rings. The third-order valence-corrected chi connectivity index (χ3v) is 4.98. The van der Waals surface area contributed by atoms with Gasteiger partial charge in [-0.15, -0.1) is 11.6 Å². The predicted molar refractivity (Wildman–Crippen MR) is 88.6 cm³/mol. The first kappa shape index (κ1) is 16.4. The van der Waals surface area contributed by atoms with E-state index in [4.69, 9.17) is 11.6 Å². The van der Waals surface area contributed by atoms with Crippen LogP contribution in [-0.4, -0.2) is 17.3 Å². The highest BCUT2D eigenvalue weighted by atomic mass is 35.5. The number of amides is 1. The lowest BCUT2D eigenvalue weighted by Gasteiger charge is -2.39. The Balaban J connectivity index is 1.77. The summed E-state index contributed by atoms with van der Waals surface area (Å²) in [5.41, 5.74) is 1.13. The van der Waals surface area contributed by atoms with Crippen LogP contribution in [0.4, 0.5) is 0 Å². The summed E-state index contributed by atoms with van der Waals surface area (Å²) in [5, 5.41) is 3.23. The Hall–Kier alpha value is -1.02. The second-order valence-electron chi connectivity index (χ2n) is 6.50. The van der Waals surface area contributed by atoms with Crippen LogP contribution in [-0.2, 0) is 11.2 Å². The Morgan fingerprint density at radius 1 is 1.38 bits per heavy atom. The number of alkyl halides is 1. The van der Waals surface area contributed by atoms with Gasteiger partial charge in [0.25, 0.3) is 0 Å². The Morgan fingerprint density at radius 3 is 2.81 bits per heavy atom. The van der Waals surface area contributed by atoms with Gasteiger partial charge in [0.2, 0.25) is 5.91 Å². The molecule has 0 spiro atoms. The Bertz CT molecular complexity index is 448. The van der Waals surface area contributed by atoms with Crippen LogP contribution in [0.25, 0.3) is 0 Å². The smallest absolute Gasteiger partial charge is 0.220 e. The minimum Gasteiger partial charge on any atom is -0.349 e. The molecule has 1 aromatic rings. The largest absolute Gasteiger partial charge is 0.349 e. The van der Waals surface area contributed by atoms with E-state index in [1.165, 1.54) is 12.0 Å². The first-order chi connectivity index (χ1) is 10.1. The molecule has 1 aliphatic carbocycles. The number of hydrogen-bond donors (Lipinski definition) is 1. The topological polar surface area (TPSA) is 29.1 Å². The molecule has 2 unspecified atom stereocenters. The van der Waals surface area contributed by atoms with Gasteiger partial charge in [-0.1, -0.05) is 50.1 Å². The van der Waals surface area contributed by atoms with Crippen molar-refractivity contribution in [2.45, 2.75) is 57.4 Å². The van der Waals surface area contributed by atoms with Gasteiger partial charge in [0.1, 0.15) is 0 Å². The van der Waals surface area contributed by atoms with E-state index in [9.17, 15) is 4.79 Å². The lowest BCUT2D eigenvalue weighted by atomic mass is 9.77. The maximum atomic E-state index is 12.2. The van der Waals surface area contributed by atoms with Gasteiger partial charge in [0.15, 0.2) is 0 Å². The summed E-state index contributed by atoms with van der Waals surface area (Å²) in [4.78, 5) is 12.2. The Labute approximate surface area is 133 Å². The molecule has 1 aliphatic rings. The van der Waals surface area contributed by atoms with E-state index in [0.717, 1.165) is 32.1 Å². The van der Waals surface area contributed by atoms with Crippen LogP contribution >= 0.6 is 11.6 Å². The second-order valence-corrected chi connectivity index (χ2v) is 6.77. The minimum atomic E-state index is -0.164. The van der Waals surface area contributed by atoms with E-state index < -0.39 is 0 Å². The Kier molecular flexibility index (Phi) is 6.10. The summed E-state index contributed by atoms with van der Waals surface area (Å²) in [5.74, 6) is 1.34. The number of benzene rings is 1. The van der Waals surface area contributed by atoms with E-state index in [2.05, 4.69) is 24.4 Å². The highest BCUT2D eigenvalue weighted by molar-refractivity contribution is 6.18. The summed E-state index contributed by atoms with van der Waals surface area (Å²) < 4.78 is 0. The van der Waals surface area contributed by atoms with Gasteiger partial charge in [0.05, 0.1) is 5.54 Å². The van der Waals surface area contributed by atoms with Crippen LogP contribution in [0.1, 0.15) is 51.0 Å². The Morgan fingerprint density at radius 2 is 2.14 bits per heavy atom. The fourth-order valence-electron chi connectivity index (χ4n) is 3.38. The van der Waals surface area contributed by atoms with Crippen LogP contribution in [0, 0.1) is 5.92 Å². The molecule has 0 radical (unpaired) electrons. The van der Waals surface area contributed by atoms with E-state index in [1.54, 1.807) is 0 Å². The van der Waals surface area contributed by atoms with Crippen molar-refractivity contribution in [3.8, 4) is 0 Å². The van der Waals surface area contributed by atoms with Crippen LogP contribution in [0.5, 0.6) is 0 Å². The minimum absolute atomic E-state index is 0.153. The van der Waals surface area contributed by atoms with Crippen molar-refractivity contribution < 1.29 is 4.79 Å². The van der Waals surface area contributed by atoms with E-state index >= 15 is 0 Å². The van der Waals surface area contributed by atoms with Crippen molar-refractivity contribution in [2.24, 2.45) is 5.92 Å². The predicted octanol–water partition coefficient (Wildman–Crippen LogP) is 4.31. The summed E-state index contributed by atoms with van der Waals surface area (Å²) in [7, 11) is 0. The molecule has 0 heterocycles. The summed E-state index contributed by atoms with van der Waals surface area (Å²) in [6.45, 7) is 2.25. The van der Waals surface area contributed by atoms with Crippen LogP contribution in [0.15, 0.2) is 30.3 Å². The highest BCUT2D eigenvalue weighted by Gasteiger charge is 2.35. The maximum Gasteiger partial charge on any atom is 0.220 e. The van der Waals surface area contributed by atoms with Crippen molar-refractivity contribution in [3.63, 3.8) is 0 Å². The van der Waals surface area contributed by atoms with E-state index in [-0.39, 0.29) is 11.4 Å². The SMILES string of the molecule is CC1CCCC(CCl)(NC(=O)CCCc2ccccc2)C1. The first-order valence-electron chi connectivity index (χ1n) is 8.04. The molecule has 0 saturated heterocycles. The molecule has 1 N–H and O–H groups in total. The van der Waals surface area contributed by atoms with Crippen molar-refractivity contribution >= 4 is 17.5 Å². The van der Waals surface area contributed by atoms with Crippen LogP contribution < -0.4 is 5.32 Å². The molecular weight excluding hydrogens is 282 g/mol. The monoisotopic (exact) mass is 307 g/mol. The molecule has 0 bridgehead atoms. The molecule has 2 atom stereocenters. The van der Waals surface area contributed by atoms with Crippen molar-refractivity contribution in [1.29, 1.82) is 0 Å². The zero-order chi connectivity index (χ0) is 15.1. The molecule has 3 heteroatoms. The molecule has 1 amide bonds. The van der Waals surface area contributed by atoms with Crippen molar-refractivity contribution in [3.05, 3.63) is 35.9 Å². The molecule has 21 heavy (non-hydrogen) atoms. The molecule has 2 nitrogen and oxygen atoms in total. The van der Waals surface area contributed by atoms with E-state index in [0.29, 0.717) is 18.2 Å². The number of hydrogen-bond acceptors (Lipinski definition) is 1. The average molecular weight is 308 g/mol. The quantitative estimate of drug-likeness (QED) is 0.779. The maximum absolute atomic E-state index is 12.2. The fraction of sp³-hybridized carbons (Fsp3) is 0.611. The average Bonchev–Trinajstić information content (AvgIpc) is 2.48. The molecule has 0 aliphatic heterocycles.